The molecule has 0 aliphatic heterocycles. The van der Waals surface area contributed by atoms with Crippen LogP contribution in [-0.4, -0.2) is 32.1 Å². The van der Waals surface area contributed by atoms with Crippen molar-refractivity contribution >= 4 is 33.0 Å². The fourth-order valence-electron chi connectivity index (χ4n) is 4.66. The van der Waals surface area contributed by atoms with E-state index in [9.17, 15) is 4.79 Å². The molecule has 34 heavy (non-hydrogen) atoms. The second kappa shape index (κ2) is 8.99. The van der Waals surface area contributed by atoms with E-state index in [1.165, 1.54) is 16.9 Å². The molecule has 0 saturated carbocycles. The highest BCUT2D eigenvalue weighted by Gasteiger charge is 2.27. The number of nitrogen functional groups attached to an aromatic ring is 1. The molecule has 4 aromatic rings. The van der Waals surface area contributed by atoms with E-state index < -0.39 is 0 Å². The second-order valence-electron chi connectivity index (χ2n) is 8.27. The number of hydrogen-bond acceptors (Lipinski definition) is 7. The van der Waals surface area contributed by atoms with Crippen LogP contribution < -0.4 is 19.9 Å². The number of carbonyl (C=O) groups excluding carboxylic acids is 1. The number of benzene rings is 2. The molecule has 6 nitrogen and oxygen atoms in total. The maximum absolute atomic E-state index is 13.4. The van der Waals surface area contributed by atoms with Crippen LogP contribution in [0, 0.1) is 0 Å². The minimum Gasteiger partial charge on any atom is -0.497 e. The van der Waals surface area contributed by atoms with Gasteiger partial charge in [0.05, 0.1) is 27.0 Å². The van der Waals surface area contributed by atoms with Crippen LogP contribution >= 0.6 is 11.3 Å². The summed E-state index contributed by atoms with van der Waals surface area (Å²) in [7, 11) is 4.90. The van der Waals surface area contributed by atoms with Gasteiger partial charge in [0.25, 0.3) is 0 Å². The summed E-state index contributed by atoms with van der Waals surface area (Å²) in [6.45, 7) is 0. The molecular weight excluding hydrogens is 448 g/mol. The summed E-state index contributed by atoms with van der Waals surface area (Å²) in [6, 6.07) is 12.8. The van der Waals surface area contributed by atoms with Crippen molar-refractivity contribution in [3.05, 3.63) is 64.2 Å². The highest BCUT2D eigenvalue weighted by atomic mass is 32.1. The number of hydrogen-bond donors (Lipinski definition) is 1. The van der Waals surface area contributed by atoms with Crippen molar-refractivity contribution in [3.8, 4) is 28.4 Å². The third-order valence-electron chi connectivity index (χ3n) is 6.39. The third kappa shape index (κ3) is 3.66. The highest BCUT2D eigenvalue weighted by molar-refractivity contribution is 7.21. The normalized spacial score (nSPS) is 12.9. The Morgan fingerprint density at radius 3 is 2.35 bits per heavy atom. The molecule has 7 heteroatoms. The van der Waals surface area contributed by atoms with Gasteiger partial charge in [0.2, 0.25) is 5.78 Å². The van der Waals surface area contributed by atoms with Crippen molar-refractivity contribution in [2.45, 2.75) is 25.7 Å². The molecule has 5 rings (SSSR count). The van der Waals surface area contributed by atoms with Gasteiger partial charge < -0.3 is 19.9 Å². The van der Waals surface area contributed by atoms with Gasteiger partial charge in [-0.05, 0) is 73.7 Å². The van der Waals surface area contributed by atoms with Crippen molar-refractivity contribution in [1.29, 1.82) is 0 Å². The van der Waals surface area contributed by atoms with Crippen LogP contribution in [0.4, 0.5) is 5.69 Å². The Bertz CT molecular complexity index is 1390. The molecule has 0 spiro atoms. The molecule has 2 aromatic heterocycles. The number of methoxy groups -OCH3 is 3. The van der Waals surface area contributed by atoms with Crippen molar-refractivity contribution in [3.63, 3.8) is 0 Å². The zero-order valence-electron chi connectivity index (χ0n) is 19.4. The first kappa shape index (κ1) is 22.2. The quantitative estimate of drug-likeness (QED) is 0.362. The van der Waals surface area contributed by atoms with Gasteiger partial charge in [-0.25, -0.2) is 4.98 Å². The molecular formula is C27H26N2O4S. The molecule has 0 atom stereocenters. The maximum Gasteiger partial charge on any atom is 0.205 e. The van der Waals surface area contributed by atoms with Gasteiger partial charge in [-0.3, -0.25) is 4.79 Å². The Kier molecular flexibility index (Phi) is 5.87. The van der Waals surface area contributed by atoms with Gasteiger partial charge in [-0.1, -0.05) is 0 Å². The Hall–Kier alpha value is -3.58. The minimum atomic E-state index is -0.121. The van der Waals surface area contributed by atoms with E-state index in [1.54, 1.807) is 45.6 Å². The summed E-state index contributed by atoms with van der Waals surface area (Å²) in [5.74, 6) is 2.04. The van der Waals surface area contributed by atoms with Crippen molar-refractivity contribution in [2.24, 2.45) is 0 Å². The topological polar surface area (TPSA) is 83.7 Å². The minimum absolute atomic E-state index is 0.121. The lowest BCUT2D eigenvalue weighted by Gasteiger charge is -2.21. The highest BCUT2D eigenvalue weighted by Crippen LogP contribution is 2.47. The van der Waals surface area contributed by atoms with Gasteiger partial charge in [-0.2, -0.15) is 0 Å². The van der Waals surface area contributed by atoms with E-state index in [-0.39, 0.29) is 5.78 Å². The molecule has 0 radical (unpaired) electrons. The molecule has 2 aromatic carbocycles. The predicted molar refractivity (Wildman–Crippen MR) is 136 cm³/mol. The first-order valence-corrected chi connectivity index (χ1v) is 12.0. The van der Waals surface area contributed by atoms with E-state index in [0.717, 1.165) is 64.2 Å². The number of anilines is 1. The SMILES string of the molecule is COc1ccc(C(=O)c2sc3nc4c(c(-c5cc(OC)ccc5OC)c3c2N)CCCC4)cc1. The van der Waals surface area contributed by atoms with Crippen molar-refractivity contribution in [1.82, 2.24) is 4.98 Å². The lowest BCUT2D eigenvalue weighted by Crippen LogP contribution is -2.08. The van der Waals surface area contributed by atoms with Crippen molar-refractivity contribution in [2.75, 3.05) is 27.1 Å². The third-order valence-corrected chi connectivity index (χ3v) is 7.49. The number of thiophene rings is 1. The molecule has 1 aliphatic rings. The van der Waals surface area contributed by atoms with Crippen LogP contribution in [0.3, 0.4) is 0 Å². The first-order chi connectivity index (χ1) is 16.5. The first-order valence-electron chi connectivity index (χ1n) is 11.2. The van der Waals surface area contributed by atoms with Gasteiger partial charge >= 0.3 is 0 Å². The van der Waals surface area contributed by atoms with Crippen LogP contribution in [0.2, 0.25) is 0 Å². The largest absolute Gasteiger partial charge is 0.497 e. The monoisotopic (exact) mass is 474 g/mol. The van der Waals surface area contributed by atoms with E-state index >= 15 is 0 Å². The molecule has 174 valence electrons. The van der Waals surface area contributed by atoms with Crippen LogP contribution in [0.1, 0.15) is 39.3 Å². The second-order valence-corrected chi connectivity index (χ2v) is 9.27. The number of ketones is 1. The van der Waals surface area contributed by atoms with Gasteiger partial charge in [0.1, 0.15) is 27.0 Å². The van der Waals surface area contributed by atoms with Crippen LogP contribution in [0.15, 0.2) is 42.5 Å². The number of aryl methyl sites for hydroxylation is 1. The van der Waals surface area contributed by atoms with E-state index in [2.05, 4.69) is 0 Å². The number of ether oxygens (including phenoxy) is 3. The summed E-state index contributed by atoms with van der Waals surface area (Å²) >= 11 is 1.35. The average Bonchev–Trinajstić information content (AvgIpc) is 3.22. The zero-order valence-corrected chi connectivity index (χ0v) is 20.3. The van der Waals surface area contributed by atoms with Crippen molar-refractivity contribution < 1.29 is 19.0 Å². The fourth-order valence-corrected chi connectivity index (χ4v) is 5.74. The summed E-state index contributed by atoms with van der Waals surface area (Å²) in [5.41, 5.74) is 11.9. The number of pyridine rings is 1. The summed E-state index contributed by atoms with van der Waals surface area (Å²) in [5, 5.41) is 0.814. The Morgan fingerprint density at radius 1 is 0.941 bits per heavy atom. The molecule has 0 saturated heterocycles. The molecule has 2 heterocycles. The zero-order chi connectivity index (χ0) is 23.8. The summed E-state index contributed by atoms with van der Waals surface area (Å²) < 4.78 is 16.5. The summed E-state index contributed by atoms with van der Waals surface area (Å²) in [6.07, 6.45) is 4.00. The maximum atomic E-state index is 13.4. The van der Waals surface area contributed by atoms with Crippen LogP contribution in [-0.2, 0) is 12.8 Å². The Labute approximate surface area is 202 Å². The van der Waals surface area contributed by atoms with E-state index in [1.807, 2.05) is 18.2 Å². The molecule has 0 amide bonds. The number of nitrogens with two attached hydrogens (primary N) is 1. The number of rotatable bonds is 6. The molecule has 0 unspecified atom stereocenters. The molecule has 1 aliphatic carbocycles. The fraction of sp³-hybridized carbons (Fsp3) is 0.259. The number of fused-ring (bicyclic) bond motifs is 2. The van der Waals surface area contributed by atoms with Gasteiger partial charge in [-0.15, -0.1) is 11.3 Å². The number of aromatic nitrogens is 1. The lowest BCUT2D eigenvalue weighted by molar-refractivity contribution is 0.104. The predicted octanol–water partition coefficient (Wildman–Crippen LogP) is 5.68. The number of nitrogens with zero attached hydrogens (tertiary/aromatic N) is 1. The Balaban J connectivity index is 1.77. The van der Waals surface area contributed by atoms with E-state index in [4.69, 9.17) is 24.9 Å². The molecule has 0 bridgehead atoms. The smallest absolute Gasteiger partial charge is 0.205 e. The standard InChI is InChI=1S/C27H26N2O4S/c1-31-16-10-8-15(9-11-16)25(30)26-24(28)23-22(19-14-17(32-2)12-13-21(19)33-3)18-6-4-5-7-20(18)29-27(23)34-26/h8-14H,4-7,28H2,1-3H3. The average molecular weight is 475 g/mol. The molecule has 2 N–H and O–H groups in total. The van der Waals surface area contributed by atoms with Crippen LogP contribution in [0.25, 0.3) is 21.3 Å². The van der Waals surface area contributed by atoms with E-state index in [0.29, 0.717) is 21.9 Å². The van der Waals surface area contributed by atoms with Crippen LogP contribution in [0.5, 0.6) is 17.2 Å². The van der Waals surface area contributed by atoms with Gasteiger partial charge in [0, 0.05) is 27.8 Å². The number of carbonyl (C=O) groups is 1. The van der Waals surface area contributed by atoms with Gasteiger partial charge in [0.15, 0.2) is 0 Å². The molecule has 0 fully saturated rings. The lowest BCUT2D eigenvalue weighted by atomic mass is 9.87. The Morgan fingerprint density at radius 2 is 1.65 bits per heavy atom. The summed E-state index contributed by atoms with van der Waals surface area (Å²) in [4.78, 5) is 19.7.